The van der Waals surface area contributed by atoms with Crippen LogP contribution in [-0.4, -0.2) is 10.9 Å². The van der Waals surface area contributed by atoms with Crippen molar-refractivity contribution < 1.29 is 5.21 Å². The van der Waals surface area contributed by atoms with Gasteiger partial charge in [-0.1, -0.05) is 17.3 Å². The SMILES string of the molecule is C/C(=N/O)C1CC2C=CC1C2. The molecule has 1 fully saturated rings. The molecular formula is C9H13NO. The third-order valence-electron chi connectivity index (χ3n) is 2.97. The van der Waals surface area contributed by atoms with E-state index in [1.54, 1.807) is 0 Å². The van der Waals surface area contributed by atoms with Crippen LogP contribution in [0.3, 0.4) is 0 Å². The van der Waals surface area contributed by atoms with Gasteiger partial charge in [-0.05, 0) is 31.6 Å². The summed E-state index contributed by atoms with van der Waals surface area (Å²) in [5.41, 5.74) is 0.904. The molecule has 0 aromatic rings. The zero-order valence-corrected chi connectivity index (χ0v) is 6.70. The molecule has 0 aromatic heterocycles. The van der Waals surface area contributed by atoms with Crippen molar-refractivity contribution in [1.29, 1.82) is 0 Å². The minimum absolute atomic E-state index is 0.523. The normalized spacial score (nSPS) is 41.9. The van der Waals surface area contributed by atoms with Crippen molar-refractivity contribution in [2.24, 2.45) is 22.9 Å². The molecule has 0 amide bonds. The second-order valence-electron chi connectivity index (χ2n) is 3.63. The lowest BCUT2D eigenvalue weighted by atomic mass is 9.90. The number of nitrogens with zero attached hydrogens (tertiary/aromatic N) is 1. The van der Waals surface area contributed by atoms with E-state index in [2.05, 4.69) is 17.3 Å². The van der Waals surface area contributed by atoms with Crippen molar-refractivity contribution in [1.82, 2.24) is 0 Å². The van der Waals surface area contributed by atoms with Gasteiger partial charge < -0.3 is 5.21 Å². The fourth-order valence-corrected chi connectivity index (χ4v) is 2.34. The van der Waals surface area contributed by atoms with Crippen molar-refractivity contribution in [3.8, 4) is 0 Å². The van der Waals surface area contributed by atoms with Crippen molar-refractivity contribution in [2.45, 2.75) is 19.8 Å². The zero-order chi connectivity index (χ0) is 7.84. The maximum atomic E-state index is 8.59. The van der Waals surface area contributed by atoms with Crippen LogP contribution >= 0.6 is 0 Å². The van der Waals surface area contributed by atoms with E-state index in [9.17, 15) is 0 Å². The zero-order valence-electron chi connectivity index (χ0n) is 6.70. The summed E-state index contributed by atoms with van der Waals surface area (Å²) in [6.45, 7) is 1.92. The lowest BCUT2D eigenvalue weighted by Gasteiger charge is -2.15. The molecule has 1 N–H and O–H groups in total. The fraction of sp³-hybridized carbons (Fsp3) is 0.667. The van der Waals surface area contributed by atoms with Crippen LogP contribution in [0.1, 0.15) is 19.8 Å². The van der Waals surface area contributed by atoms with Gasteiger partial charge in [0.2, 0.25) is 0 Å². The summed E-state index contributed by atoms with van der Waals surface area (Å²) in [5, 5.41) is 11.9. The Morgan fingerprint density at radius 1 is 1.45 bits per heavy atom. The molecular weight excluding hydrogens is 138 g/mol. The third-order valence-corrected chi connectivity index (χ3v) is 2.97. The van der Waals surface area contributed by atoms with Crippen molar-refractivity contribution in [3.05, 3.63) is 12.2 Å². The molecule has 1 saturated carbocycles. The molecule has 0 heterocycles. The van der Waals surface area contributed by atoms with Gasteiger partial charge in [-0.2, -0.15) is 0 Å². The van der Waals surface area contributed by atoms with Crippen LogP contribution in [0.4, 0.5) is 0 Å². The summed E-state index contributed by atoms with van der Waals surface area (Å²) in [6.07, 6.45) is 7.04. The van der Waals surface area contributed by atoms with Crippen LogP contribution in [0.25, 0.3) is 0 Å². The average molecular weight is 151 g/mol. The third kappa shape index (κ3) is 0.971. The molecule has 11 heavy (non-hydrogen) atoms. The molecule has 3 unspecified atom stereocenters. The van der Waals surface area contributed by atoms with E-state index in [4.69, 9.17) is 5.21 Å². The Morgan fingerprint density at radius 3 is 2.73 bits per heavy atom. The van der Waals surface area contributed by atoms with Crippen LogP contribution < -0.4 is 0 Å². The summed E-state index contributed by atoms with van der Waals surface area (Å²) in [6, 6.07) is 0. The monoisotopic (exact) mass is 151 g/mol. The summed E-state index contributed by atoms with van der Waals surface area (Å²) in [5.74, 6) is 1.95. The summed E-state index contributed by atoms with van der Waals surface area (Å²) < 4.78 is 0. The topological polar surface area (TPSA) is 32.6 Å². The molecule has 0 radical (unpaired) electrons. The van der Waals surface area contributed by atoms with Crippen molar-refractivity contribution >= 4 is 5.71 Å². The Hall–Kier alpha value is -0.790. The Morgan fingerprint density at radius 2 is 2.27 bits per heavy atom. The highest BCUT2D eigenvalue weighted by atomic mass is 16.4. The van der Waals surface area contributed by atoms with Gasteiger partial charge in [-0.3, -0.25) is 0 Å². The maximum Gasteiger partial charge on any atom is 0.0576 e. The quantitative estimate of drug-likeness (QED) is 0.264. The Balaban J connectivity index is 2.14. The number of allylic oxidation sites excluding steroid dienone is 2. The number of fused-ring (bicyclic) bond motifs is 2. The molecule has 0 spiro atoms. The summed E-state index contributed by atoms with van der Waals surface area (Å²) in [4.78, 5) is 0. The smallest absolute Gasteiger partial charge is 0.0576 e. The Kier molecular flexibility index (Phi) is 1.48. The second-order valence-corrected chi connectivity index (χ2v) is 3.63. The van der Waals surface area contributed by atoms with E-state index in [1.807, 2.05) is 6.92 Å². The minimum atomic E-state index is 0.523. The highest BCUT2D eigenvalue weighted by Crippen LogP contribution is 2.43. The second kappa shape index (κ2) is 2.36. The van der Waals surface area contributed by atoms with Gasteiger partial charge in [0, 0.05) is 5.92 Å². The summed E-state index contributed by atoms with van der Waals surface area (Å²) in [7, 11) is 0. The van der Waals surface area contributed by atoms with E-state index in [0.717, 1.165) is 11.6 Å². The van der Waals surface area contributed by atoms with Gasteiger partial charge in [0.1, 0.15) is 0 Å². The number of hydrogen-bond acceptors (Lipinski definition) is 2. The minimum Gasteiger partial charge on any atom is -0.411 e. The van der Waals surface area contributed by atoms with Crippen LogP contribution in [0.15, 0.2) is 17.3 Å². The number of oxime groups is 1. The van der Waals surface area contributed by atoms with E-state index in [0.29, 0.717) is 11.8 Å². The summed E-state index contributed by atoms with van der Waals surface area (Å²) >= 11 is 0. The van der Waals surface area contributed by atoms with Gasteiger partial charge in [0.05, 0.1) is 5.71 Å². The lowest BCUT2D eigenvalue weighted by molar-refractivity contribution is 0.312. The van der Waals surface area contributed by atoms with Gasteiger partial charge in [0.15, 0.2) is 0 Å². The Bertz CT molecular complexity index is 220. The standard InChI is InChI=1S/C9H13NO/c1-6(10-11)9-5-7-2-3-8(9)4-7/h2-3,7-9,11H,4-5H2,1H3/b10-6-. The molecule has 2 aliphatic carbocycles. The molecule has 2 nitrogen and oxygen atoms in total. The first-order valence-electron chi connectivity index (χ1n) is 4.18. The molecule has 0 saturated heterocycles. The predicted molar refractivity (Wildman–Crippen MR) is 43.7 cm³/mol. The first-order chi connectivity index (χ1) is 5.31. The Labute approximate surface area is 66.6 Å². The van der Waals surface area contributed by atoms with Crippen LogP contribution in [0.2, 0.25) is 0 Å². The molecule has 3 atom stereocenters. The molecule has 2 bridgehead atoms. The average Bonchev–Trinajstić information content (AvgIpc) is 2.62. The van der Waals surface area contributed by atoms with Crippen molar-refractivity contribution in [2.75, 3.05) is 0 Å². The fourth-order valence-electron chi connectivity index (χ4n) is 2.34. The lowest BCUT2D eigenvalue weighted by Crippen LogP contribution is -2.15. The molecule has 0 aromatic carbocycles. The predicted octanol–water partition coefficient (Wildman–Crippen LogP) is 2.05. The molecule has 2 heteroatoms. The van der Waals surface area contributed by atoms with E-state index < -0.39 is 0 Å². The first-order valence-corrected chi connectivity index (χ1v) is 4.18. The van der Waals surface area contributed by atoms with Gasteiger partial charge in [-0.15, -0.1) is 0 Å². The van der Waals surface area contributed by atoms with E-state index in [-0.39, 0.29) is 0 Å². The highest BCUT2D eigenvalue weighted by Gasteiger charge is 2.37. The molecule has 60 valence electrons. The first kappa shape index (κ1) is 6.89. The van der Waals surface area contributed by atoms with Crippen LogP contribution in [0.5, 0.6) is 0 Å². The maximum absolute atomic E-state index is 8.59. The van der Waals surface area contributed by atoms with Crippen molar-refractivity contribution in [3.63, 3.8) is 0 Å². The molecule has 0 aliphatic heterocycles. The van der Waals surface area contributed by atoms with E-state index >= 15 is 0 Å². The van der Waals surface area contributed by atoms with Gasteiger partial charge >= 0.3 is 0 Å². The van der Waals surface area contributed by atoms with Crippen LogP contribution in [0, 0.1) is 17.8 Å². The highest BCUT2D eigenvalue weighted by molar-refractivity contribution is 5.84. The van der Waals surface area contributed by atoms with Crippen LogP contribution in [-0.2, 0) is 0 Å². The van der Waals surface area contributed by atoms with E-state index in [1.165, 1.54) is 12.8 Å². The largest absolute Gasteiger partial charge is 0.411 e. The van der Waals surface area contributed by atoms with Gasteiger partial charge in [0.25, 0.3) is 0 Å². The van der Waals surface area contributed by atoms with Gasteiger partial charge in [-0.25, -0.2) is 0 Å². The molecule has 2 rings (SSSR count). The number of hydrogen-bond donors (Lipinski definition) is 1. The number of rotatable bonds is 1. The molecule has 2 aliphatic rings.